The van der Waals surface area contributed by atoms with Gasteiger partial charge in [-0.3, -0.25) is 9.05 Å². The first-order valence-electron chi connectivity index (χ1n) is 14.0. The number of para-hydroxylation sites is 1. The second-order valence-corrected chi connectivity index (χ2v) is 11.2. The van der Waals surface area contributed by atoms with Gasteiger partial charge in [0.15, 0.2) is 11.2 Å². The van der Waals surface area contributed by atoms with Crippen LogP contribution in [0.1, 0.15) is 22.3 Å². The Morgan fingerprint density at radius 3 is 1.12 bits per heavy atom. The molecule has 0 aliphatic carbocycles. The maximum absolute atomic E-state index is 7.26. The van der Waals surface area contributed by atoms with E-state index in [1.807, 2.05) is 60.7 Å². The maximum Gasteiger partial charge on any atom is 0.400 e. The number of hydrogen-bond donors (Lipinski definition) is 0. The van der Waals surface area contributed by atoms with Crippen LogP contribution in [0.4, 0.5) is 0 Å². The summed E-state index contributed by atoms with van der Waals surface area (Å²) in [6.07, 6.45) is 0. The Kier molecular flexibility index (Phi) is 7.15. The van der Waals surface area contributed by atoms with Crippen molar-refractivity contribution in [2.24, 2.45) is 0 Å². The highest BCUT2D eigenvalue weighted by atomic mass is 31.2. The summed E-state index contributed by atoms with van der Waals surface area (Å²) in [6, 6.07) is 59.8. The third kappa shape index (κ3) is 4.44. The van der Waals surface area contributed by atoms with Gasteiger partial charge < -0.3 is 4.52 Å². The van der Waals surface area contributed by atoms with Gasteiger partial charge in [0.25, 0.3) is 0 Å². The van der Waals surface area contributed by atoms with Crippen molar-refractivity contribution in [2.75, 3.05) is 0 Å². The fourth-order valence-electron chi connectivity index (χ4n) is 5.94. The monoisotopic (exact) mass is 564 g/mol. The average Bonchev–Trinajstić information content (AvgIpc) is 3.43. The predicted molar refractivity (Wildman–Crippen MR) is 169 cm³/mol. The molecule has 1 fully saturated rings. The summed E-state index contributed by atoms with van der Waals surface area (Å²) in [5.41, 5.74) is 3.84. The summed E-state index contributed by atoms with van der Waals surface area (Å²) in [4.78, 5) is 0. The van der Waals surface area contributed by atoms with Gasteiger partial charge in [-0.05, 0) is 33.9 Å². The zero-order valence-corrected chi connectivity index (χ0v) is 23.8. The molecule has 6 aromatic rings. The number of benzene rings is 6. The van der Waals surface area contributed by atoms with Crippen LogP contribution in [0.3, 0.4) is 0 Å². The van der Waals surface area contributed by atoms with Crippen molar-refractivity contribution < 1.29 is 13.6 Å². The lowest BCUT2D eigenvalue weighted by atomic mass is 9.66. The molecule has 3 nitrogen and oxygen atoms in total. The SMILES string of the molecule is c1ccc(-c2ccccc2OP2OC(c3ccccc3)(c3ccccc3)C(c3ccccc3)(c3ccccc3)O2)cc1. The van der Waals surface area contributed by atoms with E-state index in [0.717, 1.165) is 33.4 Å². The summed E-state index contributed by atoms with van der Waals surface area (Å²) in [7, 11) is -1.90. The molecule has 0 amide bonds. The molecule has 1 aliphatic rings. The molecule has 0 spiro atoms. The minimum absolute atomic E-state index is 0.710. The highest BCUT2D eigenvalue weighted by Crippen LogP contribution is 2.70. The number of hydrogen-bond acceptors (Lipinski definition) is 3. The van der Waals surface area contributed by atoms with Crippen molar-refractivity contribution in [3.05, 3.63) is 198 Å². The van der Waals surface area contributed by atoms with E-state index >= 15 is 0 Å². The Balaban J connectivity index is 1.48. The van der Waals surface area contributed by atoms with Crippen molar-refractivity contribution >= 4 is 8.60 Å². The Morgan fingerprint density at radius 1 is 0.381 bits per heavy atom. The Hall–Kier alpha value is -4.53. The molecule has 0 aromatic heterocycles. The third-order valence-corrected chi connectivity index (χ3v) is 8.98. The van der Waals surface area contributed by atoms with Gasteiger partial charge in [0.2, 0.25) is 0 Å². The van der Waals surface area contributed by atoms with E-state index in [9.17, 15) is 0 Å². The van der Waals surface area contributed by atoms with Crippen LogP contribution in [0.15, 0.2) is 176 Å². The van der Waals surface area contributed by atoms with Gasteiger partial charge in [-0.15, -0.1) is 0 Å². The van der Waals surface area contributed by atoms with Gasteiger partial charge in [0, 0.05) is 5.56 Å². The second-order valence-electron chi connectivity index (χ2n) is 10.2. The van der Waals surface area contributed by atoms with Crippen molar-refractivity contribution in [3.8, 4) is 16.9 Å². The maximum atomic E-state index is 7.26. The lowest BCUT2D eigenvalue weighted by Gasteiger charge is -2.43. The largest absolute Gasteiger partial charge is 0.426 e. The predicted octanol–water partition coefficient (Wildman–Crippen LogP) is 9.89. The third-order valence-electron chi connectivity index (χ3n) is 7.78. The average molecular weight is 565 g/mol. The van der Waals surface area contributed by atoms with Crippen LogP contribution in [0, 0.1) is 0 Å². The summed E-state index contributed by atoms with van der Waals surface area (Å²) >= 11 is 0. The summed E-state index contributed by atoms with van der Waals surface area (Å²) in [5.74, 6) is 0.710. The molecule has 6 aromatic carbocycles. The molecule has 7 rings (SSSR count). The Labute approximate surface area is 248 Å². The van der Waals surface area contributed by atoms with Crippen molar-refractivity contribution in [3.63, 3.8) is 0 Å². The fourth-order valence-corrected chi connectivity index (χ4v) is 7.50. The van der Waals surface area contributed by atoms with Crippen LogP contribution in [-0.4, -0.2) is 0 Å². The van der Waals surface area contributed by atoms with Crippen LogP contribution < -0.4 is 4.52 Å². The smallest absolute Gasteiger partial charge is 0.400 e. The molecular weight excluding hydrogens is 535 g/mol. The van der Waals surface area contributed by atoms with E-state index in [2.05, 4.69) is 115 Å². The molecule has 1 aliphatic heterocycles. The van der Waals surface area contributed by atoms with E-state index in [1.54, 1.807) is 0 Å². The Morgan fingerprint density at radius 2 is 0.714 bits per heavy atom. The molecule has 204 valence electrons. The molecule has 0 saturated carbocycles. The molecule has 42 heavy (non-hydrogen) atoms. The fraction of sp³-hybridized carbons (Fsp3) is 0.0526. The van der Waals surface area contributed by atoms with Gasteiger partial charge in [-0.25, -0.2) is 0 Å². The molecule has 4 heteroatoms. The van der Waals surface area contributed by atoms with Crippen LogP contribution in [0.25, 0.3) is 11.1 Å². The number of rotatable bonds is 7. The quantitative estimate of drug-likeness (QED) is 0.181. The van der Waals surface area contributed by atoms with Gasteiger partial charge in [0.05, 0.1) is 0 Å². The van der Waals surface area contributed by atoms with E-state index in [0.29, 0.717) is 5.75 Å². The first-order chi connectivity index (χ1) is 20.8. The molecule has 0 unspecified atom stereocenters. The first kappa shape index (κ1) is 26.4. The molecule has 0 N–H and O–H groups in total. The van der Waals surface area contributed by atoms with Crippen LogP contribution in [-0.2, 0) is 20.2 Å². The minimum atomic E-state index is -1.90. The molecule has 0 radical (unpaired) electrons. The van der Waals surface area contributed by atoms with E-state index in [-0.39, 0.29) is 0 Å². The van der Waals surface area contributed by atoms with Gasteiger partial charge in [-0.2, -0.15) is 0 Å². The van der Waals surface area contributed by atoms with E-state index < -0.39 is 19.8 Å². The van der Waals surface area contributed by atoms with Crippen molar-refractivity contribution in [1.29, 1.82) is 0 Å². The lowest BCUT2D eigenvalue weighted by molar-refractivity contribution is 0.00370. The van der Waals surface area contributed by atoms with Gasteiger partial charge >= 0.3 is 8.60 Å². The van der Waals surface area contributed by atoms with Gasteiger partial charge in [-0.1, -0.05) is 170 Å². The van der Waals surface area contributed by atoms with Crippen molar-refractivity contribution in [2.45, 2.75) is 11.2 Å². The summed E-state index contributed by atoms with van der Waals surface area (Å²) < 4.78 is 21.3. The minimum Gasteiger partial charge on any atom is -0.426 e. The molecule has 1 saturated heterocycles. The van der Waals surface area contributed by atoms with Crippen molar-refractivity contribution in [1.82, 2.24) is 0 Å². The van der Waals surface area contributed by atoms with Crippen LogP contribution in [0.2, 0.25) is 0 Å². The zero-order chi connectivity index (χ0) is 28.2. The lowest BCUT2D eigenvalue weighted by Crippen LogP contribution is -2.48. The van der Waals surface area contributed by atoms with Gasteiger partial charge in [0.1, 0.15) is 5.75 Å². The summed E-state index contributed by atoms with van der Waals surface area (Å²) in [5, 5.41) is 0. The molecule has 1 heterocycles. The highest BCUT2D eigenvalue weighted by Gasteiger charge is 2.67. The van der Waals surface area contributed by atoms with Crippen LogP contribution in [0.5, 0.6) is 5.75 Å². The van der Waals surface area contributed by atoms with Crippen LogP contribution >= 0.6 is 8.60 Å². The zero-order valence-electron chi connectivity index (χ0n) is 22.9. The van der Waals surface area contributed by atoms with E-state index in [4.69, 9.17) is 13.6 Å². The molecular formula is C38H29O3P. The van der Waals surface area contributed by atoms with E-state index in [1.165, 1.54) is 0 Å². The topological polar surface area (TPSA) is 27.7 Å². The standard InChI is InChI=1S/C38H29O3P/c1-6-18-30(19-7-1)35-28-16-17-29-36(35)39-42-40-37(31-20-8-2-9-21-31,32-22-10-3-11-23-32)38(41-42,33-24-12-4-13-25-33)34-26-14-5-15-27-34/h1-29H. The second kappa shape index (κ2) is 11.4. The first-order valence-corrected chi connectivity index (χ1v) is 15.1. The molecule has 0 atom stereocenters. The summed E-state index contributed by atoms with van der Waals surface area (Å²) in [6.45, 7) is 0. The molecule has 0 bridgehead atoms. The highest BCUT2D eigenvalue weighted by molar-refractivity contribution is 7.42. The normalized spacial score (nSPS) is 15.7. The Bertz CT molecular complexity index is 1570.